The molecule has 0 spiro atoms. The van der Waals surface area contributed by atoms with Crippen molar-refractivity contribution in [2.24, 2.45) is 5.73 Å². The van der Waals surface area contributed by atoms with Crippen molar-refractivity contribution in [3.63, 3.8) is 0 Å². The minimum absolute atomic E-state index is 0.229. The van der Waals surface area contributed by atoms with Crippen molar-refractivity contribution in [1.82, 2.24) is 9.61 Å². The van der Waals surface area contributed by atoms with Gasteiger partial charge in [-0.1, -0.05) is 0 Å². The van der Waals surface area contributed by atoms with Crippen LogP contribution in [-0.2, 0) is 10.0 Å². The highest BCUT2D eigenvalue weighted by atomic mass is 32.2. The van der Waals surface area contributed by atoms with Crippen molar-refractivity contribution in [1.29, 1.82) is 0 Å². The second kappa shape index (κ2) is 6.84. The Morgan fingerprint density at radius 2 is 1.97 bits per heavy atom. The molecule has 2 N–H and O–H groups in total. The van der Waals surface area contributed by atoms with E-state index >= 15 is 0 Å². The van der Waals surface area contributed by atoms with Gasteiger partial charge in [0.1, 0.15) is 11.5 Å². The molecule has 0 atom stereocenters. The number of aromatic nitrogens is 2. The summed E-state index contributed by atoms with van der Waals surface area (Å²) in [6.45, 7) is 2.04. The minimum Gasteiger partial charge on any atom is -0.365 e. The molecular formula is C20H21FN4O3S. The van der Waals surface area contributed by atoms with Gasteiger partial charge in [-0.2, -0.15) is 5.10 Å². The highest BCUT2D eigenvalue weighted by molar-refractivity contribution is 7.92. The quantitative estimate of drug-likeness (QED) is 0.668. The molecule has 152 valence electrons. The van der Waals surface area contributed by atoms with Crippen molar-refractivity contribution in [3.05, 3.63) is 53.5 Å². The number of anilines is 1. The largest absolute Gasteiger partial charge is 0.365 e. The molecule has 29 heavy (non-hydrogen) atoms. The van der Waals surface area contributed by atoms with E-state index in [-0.39, 0.29) is 18.0 Å². The SMILES string of the molecule is CCN(c1cn2nc(-c3ccc(F)cc3)c(C(N)=O)c2cc1C1CC1)S(C)(=O)=O. The van der Waals surface area contributed by atoms with Gasteiger partial charge in [-0.3, -0.25) is 9.10 Å². The summed E-state index contributed by atoms with van der Waals surface area (Å²) >= 11 is 0. The molecule has 0 saturated heterocycles. The predicted molar refractivity (Wildman–Crippen MR) is 109 cm³/mol. The van der Waals surface area contributed by atoms with Crippen molar-refractivity contribution < 1.29 is 17.6 Å². The first-order chi connectivity index (χ1) is 13.7. The van der Waals surface area contributed by atoms with Gasteiger partial charge in [0.25, 0.3) is 5.91 Å². The minimum atomic E-state index is -3.48. The summed E-state index contributed by atoms with van der Waals surface area (Å²) in [5.74, 6) is -0.817. The van der Waals surface area contributed by atoms with Gasteiger partial charge in [0.2, 0.25) is 10.0 Å². The molecule has 1 aliphatic rings. The number of hydrogen-bond acceptors (Lipinski definition) is 4. The average molecular weight is 416 g/mol. The number of halogens is 1. The zero-order valence-corrected chi connectivity index (χ0v) is 16.9. The summed E-state index contributed by atoms with van der Waals surface area (Å²) in [4.78, 5) is 12.3. The van der Waals surface area contributed by atoms with E-state index in [1.54, 1.807) is 19.2 Å². The summed E-state index contributed by atoms with van der Waals surface area (Å²) in [6, 6.07) is 7.43. The monoisotopic (exact) mass is 416 g/mol. The third kappa shape index (κ3) is 3.46. The number of rotatable bonds is 6. The van der Waals surface area contributed by atoms with E-state index in [1.807, 2.05) is 0 Å². The van der Waals surface area contributed by atoms with Crippen LogP contribution in [-0.4, -0.2) is 36.7 Å². The maximum Gasteiger partial charge on any atom is 0.253 e. The average Bonchev–Trinajstić information content (AvgIpc) is 3.41. The molecule has 9 heteroatoms. The van der Waals surface area contributed by atoms with Gasteiger partial charge in [-0.15, -0.1) is 0 Å². The fourth-order valence-corrected chi connectivity index (χ4v) is 4.64. The van der Waals surface area contributed by atoms with Crippen LogP contribution in [0.4, 0.5) is 10.1 Å². The lowest BCUT2D eigenvalue weighted by Crippen LogP contribution is -2.30. The molecule has 4 rings (SSSR count). The number of fused-ring (bicyclic) bond motifs is 1. The zero-order chi connectivity index (χ0) is 20.9. The van der Waals surface area contributed by atoms with Gasteiger partial charge < -0.3 is 5.73 Å². The van der Waals surface area contributed by atoms with E-state index in [2.05, 4.69) is 5.10 Å². The molecule has 1 amide bonds. The Bertz CT molecular complexity index is 1210. The van der Waals surface area contributed by atoms with Crippen molar-refractivity contribution in [3.8, 4) is 11.3 Å². The van der Waals surface area contributed by atoms with Crippen LogP contribution in [0.25, 0.3) is 16.8 Å². The van der Waals surface area contributed by atoms with Crippen LogP contribution in [0.5, 0.6) is 0 Å². The normalized spacial score (nSPS) is 14.3. The van der Waals surface area contributed by atoms with Crippen LogP contribution in [0.3, 0.4) is 0 Å². The number of nitrogens with two attached hydrogens (primary N) is 1. The Morgan fingerprint density at radius 3 is 2.48 bits per heavy atom. The van der Waals surface area contributed by atoms with Crippen molar-refractivity contribution >= 4 is 27.1 Å². The third-order valence-electron chi connectivity index (χ3n) is 5.12. The second-order valence-electron chi connectivity index (χ2n) is 7.24. The Hall–Kier alpha value is -2.94. The smallest absolute Gasteiger partial charge is 0.253 e. The standard InChI is InChI=1S/C20H21FN4O3S/c1-3-25(29(2,27)28)17-11-24-16(10-15(17)12-4-5-12)18(20(22)26)19(23-24)13-6-8-14(21)9-7-13/h6-12H,3-5H2,1-2H3,(H2,22,26). The first kappa shape index (κ1) is 19.4. The first-order valence-corrected chi connectivity index (χ1v) is 11.1. The van der Waals surface area contributed by atoms with E-state index in [9.17, 15) is 17.6 Å². The molecule has 2 heterocycles. The Balaban J connectivity index is 2.00. The number of carbonyl (C=O) groups is 1. The molecule has 0 radical (unpaired) electrons. The predicted octanol–water partition coefficient (Wildman–Crippen LogP) is 2.90. The van der Waals surface area contributed by atoms with Crippen molar-refractivity contribution in [2.75, 3.05) is 17.1 Å². The summed E-state index contributed by atoms with van der Waals surface area (Å²) in [5.41, 5.74) is 8.68. The molecule has 7 nitrogen and oxygen atoms in total. The Labute approximate surface area is 168 Å². The van der Waals surface area contributed by atoms with Crippen LogP contribution >= 0.6 is 0 Å². The van der Waals surface area contributed by atoms with E-state index in [1.165, 1.54) is 39.3 Å². The molecule has 1 aliphatic carbocycles. The number of carbonyl (C=O) groups excluding carboxylic acids is 1. The first-order valence-electron chi connectivity index (χ1n) is 9.30. The summed E-state index contributed by atoms with van der Waals surface area (Å²) in [6.07, 6.45) is 4.71. The number of sulfonamides is 1. The fraction of sp³-hybridized carbons (Fsp3) is 0.300. The molecule has 0 bridgehead atoms. The Kier molecular flexibility index (Phi) is 4.57. The number of pyridine rings is 1. The number of amides is 1. The van der Waals surface area contributed by atoms with Gasteiger partial charge >= 0.3 is 0 Å². The van der Waals surface area contributed by atoms with Crippen LogP contribution < -0.4 is 10.0 Å². The molecule has 1 aromatic carbocycles. The number of primary amides is 1. The highest BCUT2D eigenvalue weighted by Crippen LogP contribution is 2.46. The molecule has 0 aliphatic heterocycles. The fourth-order valence-electron chi connectivity index (χ4n) is 3.66. The van der Waals surface area contributed by atoms with Gasteiger partial charge in [0.05, 0.1) is 29.2 Å². The highest BCUT2D eigenvalue weighted by Gasteiger charge is 2.32. The lowest BCUT2D eigenvalue weighted by molar-refractivity contribution is 0.100. The van der Waals surface area contributed by atoms with E-state index in [0.717, 1.165) is 18.4 Å². The number of benzene rings is 1. The third-order valence-corrected chi connectivity index (χ3v) is 6.37. The summed E-state index contributed by atoms with van der Waals surface area (Å²) in [7, 11) is -3.48. The topological polar surface area (TPSA) is 97.8 Å². The van der Waals surface area contributed by atoms with Crippen LogP contribution in [0.2, 0.25) is 0 Å². The summed E-state index contributed by atoms with van der Waals surface area (Å²) in [5, 5.41) is 4.49. The molecule has 1 fully saturated rings. The van der Waals surface area contributed by atoms with Crippen LogP contribution in [0.15, 0.2) is 36.5 Å². The number of hydrogen-bond donors (Lipinski definition) is 1. The van der Waals surface area contributed by atoms with Crippen molar-refractivity contribution in [2.45, 2.75) is 25.7 Å². The Morgan fingerprint density at radius 1 is 1.31 bits per heavy atom. The van der Waals surface area contributed by atoms with Gasteiger partial charge in [0.15, 0.2) is 0 Å². The molecule has 3 aromatic rings. The van der Waals surface area contributed by atoms with Gasteiger partial charge in [-0.05, 0) is 61.6 Å². The molecule has 1 saturated carbocycles. The van der Waals surface area contributed by atoms with Gasteiger partial charge in [0, 0.05) is 12.1 Å². The van der Waals surface area contributed by atoms with E-state index in [4.69, 9.17) is 5.73 Å². The maximum atomic E-state index is 13.3. The zero-order valence-electron chi connectivity index (χ0n) is 16.1. The lowest BCUT2D eigenvalue weighted by Gasteiger charge is -2.23. The molecule has 0 unspecified atom stereocenters. The van der Waals surface area contributed by atoms with E-state index < -0.39 is 21.7 Å². The van der Waals surface area contributed by atoms with Crippen LogP contribution in [0.1, 0.15) is 41.6 Å². The van der Waals surface area contributed by atoms with Crippen LogP contribution in [0, 0.1) is 5.82 Å². The molecular weight excluding hydrogens is 395 g/mol. The maximum absolute atomic E-state index is 13.3. The second-order valence-corrected chi connectivity index (χ2v) is 9.15. The van der Waals surface area contributed by atoms with E-state index in [0.29, 0.717) is 22.5 Å². The van der Waals surface area contributed by atoms with Gasteiger partial charge in [-0.25, -0.2) is 17.3 Å². The molecule has 2 aromatic heterocycles. The summed E-state index contributed by atoms with van der Waals surface area (Å²) < 4.78 is 40.8. The number of nitrogens with zero attached hydrogens (tertiary/aromatic N) is 3. The lowest BCUT2D eigenvalue weighted by atomic mass is 10.0.